The van der Waals surface area contributed by atoms with Gasteiger partial charge in [0.05, 0.1) is 6.07 Å². The van der Waals surface area contributed by atoms with Gasteiger partial charge in [-0.05, 0) is 37.0 Å². The molecule has 1 aromatic carbocycles. The molecule has 0 saturated heterocycles. The van der Waals surface area contributed by atoms with Crippen LogP contribution >= 0.6 is 11.8 Å². The number of rotatable bonds is 5. The summed E-state index contributed by atoms with van der Waals surface area (Å²) in [5.74, 6) is 0.781. The van der Waals surface area contributed by atoms with E-state index in [0.717, 1.165) is 5.75 Å². The first-order chi connectivity index (χ1) is 8.82. The number of nitriles is 1. The van der Waals surface area contributed by atoms with Crippen LogP contribution in [0.5, 0.6) is 0 Å². The average molecular weight is 276 g/mol. The molecule has 0 aliphatic rings. The predicted octanol–water partition coefficient (Wildman–Crippen LogP) is 3.97. The van der Waals surface area contributed by atoms with Crippen LogP contribution in [0.1, 0.15) is 40.2 Å². The van der Waals surface area contributed by atoms with E-state index in [1.165, 1.54) is 10.5 Å². The molecule has 3 heteroatoms. The van der Waals surface area contributed by atoms with Gasteiger partial charge in [0.2, 0.25) is 0 Å². The van der Waals surface area contributed by atoms with Gasteiger partial charge in [-0.1, -0.05) is 32.9 Å². The molecule has 0 aliphatic carbocycles. The van der Waals surface area contributed by atoms with E-state index in [4.69, 9.17) is 5.26 Å². The molecular weight excluding hydrogens is 252 g/mol. The second kappa shape index (κ2) is 6.98. The molecule has 0 saturated carbocycles. The minimum Gasteiger partial charge on any atom is -0.299 e. The van der Waals surface area contributed by atoms with Crippen LogP contribution in [-0.2, 0) is 5.41 Å². The highest BCUT2D eigenvalue weighted by Crippen LogP contribution is 2.25. The first-order valence-corrected chi connectivity index (χ1v) is 7.70. The van der Waals surface area contributed by atoms with Crippen LogP contribution in [0.2, 0.25) is 0 Å². The van der Waals surface area contributed by atoms with Crippen molar-refractivity contribution >= 4 is 11.8 Å². The molecular formula is C16H24N2S. The molecule has 0 amide bonds. The Morgan fingerprint density at radius 3 is 2.21 bits per heavy atom. The minimum atomic E-state index is -0.0905. The predicted molar refractivity (Wildman–Crippen MR) is 83.5 cm³/mol. The van der Waals surface area contributed by atoms with Gasteiger partial charge in [-0.2, -0.15) is 5.26 Å². The Kier molecular flexibility index (Phi) is 5.90. The largest absolute Gasteiger partial charge is 0.299 e. The summed E-state index contributed by atoms with van der Waals surface area (Å²) in [7, 11) is 0. The third kappa shape index (κ3) is 5.67. The summed E-state index contributed by atoms with van der Waals surface area (Å²) in [5, 5.41) is 12.3. The third-order valence-electron chi connectivity index (χ3n) is 2.83. The number of nitrogens with zero attached hydrogens (tertiary/aromatic N) is 1. The molecule has 0 heterocycles. The van der Waals surface area contributed by atoms with Crippen LogP contribution in [0, 0.1) is 11.3 Å². The van der Waals surface area contributed by atoms with Crippen LogP contribution in [-0.4, -0.2) is 17.8 Å². The van der Waals surface area contributed by atoms with E-state index in [0.29, 0.717) is 6.04 Å². The zero-order valence-corrected chi connectivity index (χ0v) is 13.3. The Labute approximate surface area is 121 Å². The van der Waals surface area contributed by atoms with Crippen molar-refractivity contribution in [2.45, 2.75) is 57.0 Å². The Balaban J connectivity index is 2.57. The lowest BCUT2D eigenvalue weighted by atomic mass is 9.87. The maximum absolute atomic E-state index is 9.08. The summed E-state index contributed by atoms with van der Waals surface area (Å²) >= 11 is 1.73. The van der Waals surface area contributed by atoms with Gasteiger partial charge in [0.1, 0.15) is 6.04 Å². The summed E-state index contributed by atoms with van der Waals surface area (Å²) < 4.78 is 0. The lowest BCUT2D eigenvalue weighted by Gasteiger charge is -2.19. The SMILES string of the molecule is CC(C)NC(C#N)CSc1ccc(C(C)(C)C)cc1. The zero-order valence-electron chi connectivity index (χ0n) is 12.5. The molecule has 1 aromatic rings. The maximum atomic E-state index is 9.08. The van der Waals surface area contributed by atoms with Crippen LogP contribution < -0.4 is 5.32 Å². The first-order valence-electron chi connectivity index (χ1n) is 6.72. The fourth-order valence-electron chi connectivity index (χ4n) is 1.76. The van der Waals surface area contributed by atoms with Gasteiger partial charge in [0.25, 0.3) is 0 Å². The smallest absolute Gasteiger partial charge is 0.105 e. The Morgan fingerprint density at radius 2 is 1.79 bits per heavy atom. The highest BCUT2D eigenvalue weighted by molar-refractivity contribution is 7.99. The topological polar surface area (TPSA) is 35.8 Å². The Bertz CT molecular complexity index is 424. The van der Waals surface area contributed by atoms with Crippen molar-refractivity contribution in [3.05, 3.63) is 29.8 Å². The van der Waals surface area contributed by atoms with E-state index in [1.807, 2.05) is 0 Å². The molecule has 1 atom stereocenters. The molecule has 0 aromatic heterocycles. The van der Waals surface area contributed by atoms with Crippen LogP contribution in [0.15, 0.2) is 29.2 Å². The Morgan fingerprint density at radius 1 is 1.21 bits per heavy atom. The number of benzene rings is 1. The van der Waals surface area contributed by atoms with Crippen molar-refractivity contribution in [3.8, 4) is 6.07 Å². The van der Waals surface area contributed by atoms with Crippen molar-refractivity contribution in [3.63, 3.8) is 0 Å². The lowest BCUT2D eigenvalue weighted by Crippen LogP contribution is -2.35. The standard InChI is InChI=1S/C16H24N2S/c1-12(2)18-14(10-17)11-19-15-8-6-13(7-9-15)16(3,4)5/h6-9,12,14,18H,11H2,1-5H3. The van der Waals surface area contributed by atoms with E-state index in [-0.39, 0.29) is 11.5 Å². The lowest BCUT2D eigenvalue weighted by molar-refractivity contribution is 0.560. The first kappa shape index (κ1) is 16.1. The van der Waals surface area contributed by atoms with Crippen LogP contribution in [0.4, 0.5) is 0 Å². The van der Waals surface area contributed by atoms with E-state index in [2.05, 4.69) is 70.3 Å². The van der Waals surface area contributed by atoms with Gasteiger partial charge in [-0.3, -0.25) is 5.32 Å². The molecule has 104 valence electrons. The Hall–Kier alpha value is -0.980. The molecule has 19 heavy (non-hydrogen) atoms. The molecule has 1 rings (SSSR count). The fraction of sp³-hybridized carbons (Fsp3) is 0.562. The average Bonchev–Trinajstić information content (AvgIpc) is 2.33. The molecule has 0 aliphatic heterocycles. The number of hydrogen-bond acceptors (Lipinski definition) is 3. The van der Waals surface area contributed by atoms with E-state index < -0.39 is 0 Å². The van der Waals surface area contributed by atoms with Gasteiger partial charge in [0, 0.05) is 16.7 Å². The quantitative estimate of drug-likeness (QED) is 0.827. The van der Waals surface area contributed by atoms with Crippen molar-refractivity contribution in [1.82, 2.24) is 5.32 Å². The van der Waals surface area contributed by atoms with Gasteiger partial charge in [0.15, 0.2) is 0 Å². The molecule has 0 fully saturated rings. The molecule has 1 unspecified atom stereocenters. The van der Waals surface area contributed by atoms with Crippen LogP contribution in [0.3, 0.4) is 0 Å². The normalized spacial score (nSPS) is 13.3. The monoisotopic (exact) mass is 276 g/mol. The van der Waals surface area contributed by atoms with Crippen molar-refractivity contribution in [1.29, 1.82) is 5.26 Å². The molecule has 0 radical (unpaired) electrons. The van der Waals surface area contributed by atoms with E-state index >= 15 is 0 Å². The summed E-state index contributed by atoms with van der Waals surface area (Å²) in [4.78, 5) is 1.22. The highest BCUT2D eigenvalue weighted by atomic mass is 32.2. The third-order valence-corrected chi connectivity index (χ3v) is 3.93. The van der Waals surface area contributed by atoms with Crippen molar-refractivity contribution in [2.75, 3.05) is 5.75 Å². The van der Waals surface area contributed by atoms with Gasteiger partial charge < -0.3 is 0 Å². The minimum absolute atomic E-state index is 0.0905. The second-order valence-corrected chi connectivity index (χ2v) is 7.18. The summed E-state index contributed by atoms with van der Waals surface area (Å²) in [6.45, 7) is 10.8. The molecule has 0 bridgehead atoms. The molecule has 2 nitrogen and oxygen atoms in total. The highest BCUT2D eigenvalue weighted by Gasteiger charge is 2.13. The summed E-state index contributed by atoms with van der Waals surface area (Å²) in [5.41, 5.74) is 1.53. The van der Waals surface area contributed by atoms with Crippen LogP contribution in [0.25, 0.3) is 0 Å². The van der Waals surface area contributed by atoms with Crippen molar-refractivity contribution in [2.24, 2.45) is 0 Å². The van der Waals surface area contributed by atoms with E-state index in [9.17, 15) is 0 Å². The fourth-order valence-corrected chi connectivity index (χ4v) is 2.61. The number of nitrogens with one attached hydrogen (secondary N) is 1. The number of thioether (sulfide) groups is 1. The summed E-state index contributed by atoms with van der Waals surface area (Å²) in [6, 6.07) is 11.2. The number of hydrogen-bond donors (Lipinski definition) is 1. The van der Waals surface area contributed by atoms with Gasteiger partial charge >= 0.3 is 0 Å². The van der Waals surface area contributed by atoms with Gasteiger partial charge in [-0.15, -0.1) is 11.8 Å². The van der Waals surface area contributed by atoms with Crippen molar-refractivity contribution < 1.29 is 0 Å². The van der Waals surface area contributed by atoms with E-state index in [1.54, 1.807) is 11.8 Å². The molecule has 0 spiro atoms. The zero-order chi connectivity index (χ0) is 14.5. The second-order valence-electron chi connectivity index (χ2n) is 6.09. The molecule has 1 N–H and O–H groups in total. The van der Waals surface area contributed by atoms with Gasteiger partial charge in [-0.25, -0.2) is 0 Å². The summed E-state index contributed by atoms with van der Waals surface area (Å²) in [6.07, 6.45) is 0. The maximum Gasteiger partial charge on any atom is 0.105 e.